The summed E-state index contributed by atoms with van der Waals surface area (Å²) in [4.78, 5) is 11.6. The second-order valence-corrected chi connectivity index (χ2v) is 3.37. The van der Waals surface area contributed by atoms with Gasteiger partial charge in [-0.1, -0.05) is 25.1 Å². The van der Waals surface area contributed by atoms with Crippen molar-refractivity contribution in [2.24, 2.45) is 0 Å². The van der Waals surface area contributed by atoms with Gasteiger partial charge in [0.1, 0.15) is 6.10 Å². The number of rotatable bonds is 5. The van der Waals surface area contributed by atoms with Crippen molar-refractivity contribution in [1.29, 1.82) is 0 Å². The molecule has 0 radical (unpaired) electrons. The quantitative estimate of drug-likeness (QED) is 0.805. The Hall–Kier alpha value is -1.35. The minimum absolute atomic E-state index is 0.102. The van der Waals surface area contributed by atoms with Gasteiger partial charge in [0.25, 0.3) is 5.91 Å². The van der Waals surface area contributed by atoms with E-state index in [-0.39, 0.29) is 5.91 Å². The summed E-state index contributed by atoms with van der Waals surface area (Å²) in [5, 5.41) is 2.79. The van der Waals surface area contributed by atoms with E-state index in [1.54, 1.807) is 6.92 Å². The lowest BCUT2D eigenvalue weighted by Crippen LogP contribution is -2.27. The highest BCUT2D eigenvalue weighted by molar-refractivity contribution is 5.93. The maximum atomic E-state index is 11.6. The molecular weight excluding hydrogens is 190 g/mol. The average molecular weight is 207 g/mol. The van der Waals surface area contributed by atoms with Crippen LogP contribution in [0.4, 0.5) is 5.69 Å². The predicted molar refractivity (Wildman–Crippen MR) is 60.8 cm³/mol. The van der Waals surface area contributed by atoms with Crippen LogP contribution in [0.5, 0.6) is 0 Å². The molecule has 0 bridgehead atoms. The summed E-state index contributed by atoms with van der Waals surface area (Å²) in [6.07, 6.45) is 0.522. The highest BCUT2D eigenvalue weighted by Gasteiger charge is 2.12. The number of amides is 1. The third kappa shape index (κ3) is 4.13. The Morgan fingerprint density at radius 2 is 2.07 bits per heavy atom. The third-order valence-electron chi connectivity index (χ3n) is 1.98. The van der Waals surface area contributed by atoms with E-state index in [0.29, 0.717) is 6.61 Å². The van der Waals surface area contributed by atoms with E-state index >= 15 is 0 Å². The highest BCUT2D eigenvalue weighted by Crippen LogP contribution is 2.06. The molecule has 0 heterocycles. The lowest BCUT2D eigenvalue weighted by molar-refractivity contribution is -0.126. The van der Waals surface area contributed by atoms with Crippen LogP contribution in [-0.2, 0) is 9.53 Å². The van der Waals surface area contributed by atoms with Crippen molar-refractivity contribution in [2.75, 3.05) is 11.9 Å². The number of ether oxygens (including phenoxy) is 1. The summed E-state index contributed by atoms with van der Waals surface area (Å²) in [6.45, 7) is 4.39. The van der Waals surface area contributed by atoms with E-state index in [0.717, 1.165) is 12.1 Å². The first-order chi connectivity index (χ1) is 7.24. The van der Waals surface area contributed by atoms with Crippen LogP contribution in [0.3, 0.4) is 0 Å². The minimum atomic E-state index is -0.398. The summed E-state index contributed by atoms with van der Waals surface area (Å²) in [5.74, 6) is -0.102. The van der Waals surface area contributed by atoms with E-state index in [4.69, 9.17) is 4.74 Å². The molecule has 3 heteroatoms. The third-order valence-corrected chi connectivity index (χ3v) is 1.98. The molecule has 82 valence electrons. The number of para-hydroxylation sites is 1. The maximum absolute atomic E-state index is 11.6. The standard InChI is InChI=1S/C12H17NO2/c1-3-9-15-10(2)12(14)13-11-7-5-4-6-8-11/h4-8,10H,3,9H2,1-2H3,(H,13,14). The van der Waals surface area contributed by atoms with Crippen LogP contribution in [0.25, 0.3) is 0 Å². The zero-order valence-corrected chi connectivity index (χ0v) is 9.19. The number of hydrogen-bond donors (Lipinski definition) is 1. The number of carbonyl (C=O) groups is 1. The van der Waals surface area contributed by atoms with Gasteiger partial charge in [0.05, 0.1) is 0 Å². The van der Waals surface area contributed by atoms with Gasteiger partial charge in [-0.05, 0) is 25.5 Å². The van der Waals surface area contributed by atoms with Crippen LogP contribution >= 0.6 is 0 Å². The average Bonchev–Trinajstić information content (AvgIpc) is 2.27. The van der Waals surface area contributed by atoms with Crippen LogP contribution < -0.4 is 5.32 Å². The molecule has 0 fully saturated rings. The summed E-state index contributed by atoms with van der Waals surface area (Å²) in [6, 6.07) is 9.38. The summed E-state index contributed by atoms with van der Waals surface area (Å²) in [5.41, 5.74) is 0.800. The number of nitrogens with one attached hydrogen (secondary N) is 1. The Morgan fingerprint density at radius 1 is 1.40 bits per heavy atom. The molecule has 3 nitrogen and oxygen atoms in total. The van der Waals surface area contributed by atoms with Crippen LogP contribution in [0, 0.1) is 0 Å². The number of benzene rings is 1. The molecule has 0 saturated heterocycles. The molecule has 1 N–H and O–H groups in total. The number of hydrogen-bond acceptors (Lipinski definition) is 2. The smallest absolute Gasteiger partial charge is 0.253 e. The van der Waals surface area contributed by atoms with Crippen molar-refractivity contribution in [3.8, 4) is 0 Å². The van der Waals surface area contributed by atoms with Gasteiger partial charge in [-0.3, -0.25) is 4.79 Å². The molecule has 0 saturated carbocycles. The molecule has 1 aromatic rings. The zero-order valence-electron chi connectivity index (χ0n) is 9.19. The Kier molecular flexibility index (Phi) is 4.84. The zero-order chi connectivity index (χ0) is 11.1. The van der Waals surface area contributed by atoms with Crippen LogP contribution in [0.1, 0.15) is 20.3 Å². The van der Waals surface area contributed by atoms with Gasteiger partial charge >= 0.3 is 0 Å². The Morgan fingerprint density at radius 3 is 2.67 bits per heavy atom. The van der Waals surface area contributed by atoms with Gasteiger partial charge in [0.2, 0.25) is 0 Å². The van der Waals surface area contributed by atoms with Crippen molar-refractivity contribution >= 4 is 11.6 Å². The maximum Gasteiger partial charge on any atom is 0.253 e. The van der Waals surface area contributed by atoms with Crippen molar-refractivity contribution in [3.63, 3.8) is 0 Å². The first-order valence-corrected chi connectivity index (χ1v) is 5.21. The first-order valence-electron chi connectivity index (χ1n) is 5.21. The van der Waals surface area contributed by atoms with Gasteiger partial charge in [-0.25, -0.2) is 0 Å². The minimum Gasteiger partial charge on any atom is -0.369 e. The van der Waals surface area contributed by atoms with Crippen molar-refractivity contribution in [2.45, 2.75) is 26.4 Å². The Bertz CT molecular complexity index is 298. The van der Waals surface area contributed by atoms with Gasteiger partial charge < -0.3 is 10.1 Å². The predicted octanol–water partition coefficient (Wildman–Crippen LogP) is 2.44. The number of carbonyl (C=O) groups excluding carboxylic acids is 1. The topological polar surface area (TPSA) is 38.3 Å². The molecule has 0 aliphatic carbocycles. The fraction of sp³-hybridized carbons (Fsp3) is 0.417. The monoisotopic (exact) mass is 207 g/mol. The molecule has 1 unspecified atom stereocenters. The Balaban J connectivity index is 2.42. The second kappa shape index (κ2) is 6.19. The van der Waals surface area contributed by atoms with Crippen molar-refractivity contribution in [1.82, 2.24) is 0 Å². The first kappa shape index (κ1) is 11.7. The molecule has 0 aliphatic rings. The molecule has 0 spiro atoms. The summed E-state index contributed by atoms with van der Waals surface area (Å²) >= 11 is 0. The lowest BCUT2D eigenvalue weighted by atomic mass is 10.3. The highest BCUT2D eigenvalue weighted by atomic mass is 16.5. The molecule has 15 heavy (non-hydrogen) atoms. The normalized spacial score (nSPS) is 12.1. The molecule has 1 rings (SSSR count). The summed E-state index contributed by atoms with van der Waals surface area (Å²) < 4.78 is 5.31. The van der Waals surface area contributed by atoms with Crippen LogP contribution in [0.15, 0.2) is 30.3 Å². The van der Waals surface area contributed by atoms with Crippen LogP contribution in [-0.4, -0.2) is 18.6 Å². The van der Waals surface area contributed by atoms with Crippen LogP contribution in [0.2, 0.25) is 0 Å². The van der Waals surface area contributed by atoms with Gasteiger partial charge in [0.15, 0.2) is 0 Å². The SMILES string of the molecule is CCCOC(C)C(=O)Nc1ccccc1. The molecular formula is C12H17NO2. The van der Waals surface area contributed by atoms with Crippen molar-refractivity contribution < 1.29 is 9.53 Å². The van der Waals surface area contributed by atoms with E-state index in [1.807, 2.05) is 37.3 Å². The largest absolute Gasteiger partial charge is 0.369 e. The number of anilines is 1. The fourth-order valence-electron chi connectivity index (χ4n) is 1.14. The summed E-state index contributed by atoms with van der Waals surface area (Å²) in [7, 11) is 0. The van der Waals surface area contributed by atoms with Gasteiger partial charge in [-0.2, -0.15) is 0 Å². The molecule has 0 aliphatic heterocycles. The molecule has 1 atom stereocenters. The fourth-order valence-corrected chi connectivity index (χ4v) is 1.14. The lowest BCUT2D eigenvalue weighted by Gasteiger charge is -2.12. The second-order valence-electron chi connectivity index (χ2n) is 3.37. The molecule has 1 aromatic carbocycles. The molecule has 1 amide bonds. The van der Waals surface area contributed by atoms with Gasteiger partial charge in [0, 0.05) is 12.3 Å². The van der Waals surface area contributed by atoms with Gasteiger partial charge in [-0.15, -0.1) is 0 Å². The van der Waals surface area contributed by atoms with E-state index in [2.05, 4.69) is 5.32 Å². The molecule has 0 aromatic heterocycles. The van der Waals surface area contributed by atoms with E-state index < -0.39 is 6.10 Å². The Labute approximate surface area is 90.4 Å². The van der Waals surface area contributed by atoms with Crippen molar-refractivity contribution in [3.05, 3.63) is 30.3 Å². The van der Waals surface area contributed by atoms with E-state index in [9.17, 15) is 4.79 Å². The van der Waals surface area contributed by atoms with E-state index in [1.165, 1.54) is 0 Å².